The molecule has 1 N–H and O–H groups in total. The highest BCUT2D eigenvalue weighted by atomic mass is 16.3. The summed E-state index contributed by atoms with van der Waals surface area (Å²) in [4.78, 5) is 4.46. The number of rotatable bonds is 4. The fraction of sp³-hybridized carbons (Fsp3) is 0.500. The molecule has 0 saturated carbocycles. The molecular formula is C18H23N5O. The zero-order valence-electron chi connectivity index (χ0n) is 14.2. The van der Waals surface area contributed by atoms with Crippen molar-refractivity contribution in [1.29, 1.82) is 0 Å². The minimum atomic E-state index is -0.517. The van der Waals surface area contributed by atoms with Crippen molar-refractivity contribution in [2.24, 2.45) is 0 Å². The van der Waals surface area contributed by atoms with Crippen LogP contribution in [0.5, 0.6) is 0 Å². The van der Waals surface area contributed by atoms with Crippen LogP contribution in [0.1, 0.15) is 35.4 Å². The molecule has 1 unspecified atom stereocenters. The van der Waals surface area contributed by atoms with Crippen molar-refractivity contribution in [1.82, 2.24) is 24.5 Å². The molecule has 3 aromatic rings. The summed E-state index contributed by atoms with van der Waals surface area (Å²) < 4.78 is 3.91. The van der Waals surface area contributed by atoms with Crippen molar-refractivity contribution in [2.45, 2.75) is 58.7 Å². The maximum Gasteiger partial charge on any atom is 0.0959 e. The smallest absolute Gasteiger partial charge is 0.0959 e. The van der Waals surface area contributed by atoms with Gasteiger partial charge in [-0.15, -0.1) is 5.10 Å². The van der Waals surface area contributed by atoms with Gasteiger partial charge in [0.05, 0.1) is 47.9 Å². The van der Waals surface area contributed by atoms with Gasteiger partial charge in [0, 0.05) is 0 Å². The topological polar surface area (TPSA) is 68.8 Å². The van der Waals surface area contributed by atoms with Gasteiger partial charge in [0.1, 0.15) is 0 Å². The molecule has 24 heavy (non-hydrogen) atoms. The first-order chi connectivity index (χ1) is 11.6. The van der Waals surface area contributed by atoms with E-state index in [0.29, 0.717) is 13.1 Å². The van der Waals surface area contributed by atoms with Gasteiger partial charge in [0.2, 0.25) is 0 Å². The minimum absolute atomic E-state index is 0.479. The first-order valence-corrected chi connectivity index (χ1v) is 8.63. The quantitative estimate of drug-likeness (QED) is 0.798. The number of nitrogens with zero attached hydrogens (tertiary/aromatic N) is 5. The number of aliphatic hydroxyl groups excluding tert-OH is 1. The Morgan fingerprint density at radius 3 is 2.79 bits per heavy atom. The Kier molecular flexibility index (Phi) is 3.84. The van der Waals surface area contributed by atoms with E-state index in [4.69, 9.17) is 0 Å². The lowest BCUT2D eigenvalue weighted by molar-refractivity contribution is 0.129. The molecule has 2 aromatic heterocycles. The van der Waals surface area contributed by atoms with Gasteiger partial charge in [-0.1, -0.05) is 5.21 Å². The summed E-state index contributed by atoms with van der Waals surface area (Å²) in [6.45, 7) is 5.18. The van der Waals surface area contributed by atoms with Crippen LogP contribution in [0.2, 0.25) is 0 Å². The minimum Gasteiger partial charge on any atom is -0.389 e. The van der Waals surface area contributed by atoms with Crippen molar-refractivity contribution in [3.8, 4) is 0 Å². The second-order valence-corrected chi connectivity index (χ2v) is 6.85. The summed E-state index contributed by atoms with van der Waals surface area (Å²) in [6, 6.07) is 4.24. The molecule has 1 atom stereocenters. The summed E-state index contributed by atoms with van der Waals surface area (Å²) in [5.74, 6) is 0. The van der Waals surface area contributed by atoms with Crippen LogP contribution in [0.25, 0.3) is 11.0 Å². The predicted octanol–water partition coefficient (Wildman–Crippen LogP) is 2.18. The number of hydrogen-bond donors (Lipinski definition) is 1. The molecule has 126 valence electrons. The molecule has 1 aliphatic carbocycles. The number of fused-ring (bicyclic) bond motifs is 2. The van der Waals surface area contributed by atoms with Crippen molar-refractivity contribution >= 4 is 11.0 Å². The molecule has 0 fully saturated rings. The van der Waals surface area contributed by atoms with Gasteiger partial charge in [-0.3, -0.25) is 0 Å². The molecular weight excluding hydrogens is 302 g/mol. The molecule has 4 rings (SSSR count). The van der Waals surface area contributed by atoms with Crippen LogP contribution in [-0.2, 0) is 25.9 Å². The zero-order chi connectivity index (χ0) is 16.7. The van der Waals surface area contributed by atoms with Gasteiger partial charge in [-0.05, 0) is 62.8 Å². The van der Waals surface area contributed by atoms with Gasteiger partial charge in [0.15, 0.2) is 0 Å². The number of benzene rings is 1. The average molecular weight is 325 g/mol. The van der Waals surface area contributed by atoms with Crippen molar-refractivity contribution in [3.63, 3.8) is 0 Å². The summed E-state index contributed by atoms with van der Waals surface area (Å²) in [5, 5.41) is 19.0. The third kappa shape index (κ3) is 2.71. The number of imidazole rings is 1. The van der Waals surface area contributed by atoms with E-state index >= 15 is 0 Å². The van der Waals surface area contributed by atoms with E-state index in [1.807, 2.05) is 15.6 Å². The number of hydrogen-bond acceptors (Lipinski definition) is 4. The van der Waals surface area contributed by atoms with Crippen LogP contribution in [0.4, 0.5) is 0 Å². The fourth-order valence-corrected chi connectivity index (χ4v) is 3.51. The lowest BCUT2D eigenvalue weighted by atomic mass is 10.0. The Labute approximate surface area is 141 Å². The van der Waals surface area contributed by atoms with Crippen molar-refractivity contribution in [3.05, 3.63) is 41.0 Å². The SMILES string of the molecule is Cc1cc2ncn(CC(O)Cn3nnc4c3CCCC4)c2cc1C. The Hall–Kier alpha value is -2.21. The van der Waals surface area contributed by atoms with E-state index in [9.17, 15) is 5.11 Å². The molecule has 0 amide bonds. The molecule has 1 aromatic carbocycles. The Morgan fingerprint density at radius 1 is 1.12 bits per heavy atom. The third-order valence-corrected chi connectivity index (χ3v) is 5.02. The Morgan fingerprint density at radius 2 is 1.92 bits per heavy atom. The van der Waals surface area contributed by atoms with E-state index in [0.717, 1.165) is 29.6 Å². The van der Waals surface area contributed by atoms with Crippen LogP contribution >= 0.6 is 0 Å². The molecule has 0 bridgehead atoms. The normalized spacial score (nSPS) is 15.6. The van der Waals surface area contributed by atoms with E-state index in [-0.39, 0.29) is 0 Å². The van der Waals surface area contributed by atoms with Gasteiger partial charge in [-0.2, -0.15) is 0 Å². The molecule has 6 nitrogen and oxygen atoms in total. The van der Waals surface area contributed by atoms with Crippen LogP contribution in [0, 0.1) is 13.8 Å². The Bertz CT molecular complexity index is 879. The fourth-order valence-electron chi connectivity index (χ4n) is 3.51. The standard InChI is InChI=1S/C18H23N5O/c1-12-7-16-18(8-13(12)2)22(11-19-16)9-14(24)10-23-17-6-4-3-5-15(17)20-21-23/h7-8,11,14,24H,3-6,9-10H2,1-2H3. The van der Waals surface area contributed by atoms with Gasteiger partial charge in [-0.25, -0.2) is 9.67 Å². The molecule has 0 saturated heterocycles. The van der Waals surface area contributed by atoms with E-state index in [1.54, 1.807) is 0 Å². The van der Waals surface area contributed by atoms with Crippen LogP contribution in [0.15, 0.2) is 18.5 Å². The molecule has 0 aliphatic heterocycles. The van der Waals surface area contributed by atoms with E-state index in [1.165, 1.54) is 29.7 Å². The maximum absolute atomic E-state index is 10.5. The molecule has 6 heteroatoms. The highest BCUT2D eigenvalue weighted by Gasteiger charge is 2.19. The lowest BCUT2D eigenvalue weighted by Gasteiger charge is -2.16. The largest absolute Gasteiger partial charge is 0.389 e. The second kappa shape index (κ2) is 6.02. The summed E-state index contributed by atoms with van der Waals surface area (Å²) >= 11 is 0. The molecule has 0 radical (unpaired) electrons. The summed E-state index contributed by atoms with van der Waals surface area (Å²) in [7, 11) is 0. The predicted molar refractivity (Wildman–Crippen MR) is 91.9 cm³/mol. The molecule has 2 heterocycles. The van der Waals surface area contributed by atoms with Gasteiger partial charge in [0.25, 0.3) is 0 Å². The number of aryl methyl sites for hydroxylation is 3. The summed E-state index contributed by atoms with van der Waals surface area (Å²) in [6.07, 6.45) is 5.69. The van der Waals surface area contributed by atoms with Gasteiger partial charge >= 0.3 is 0 Å². The first kappa shape index (κ1) is 15.3. The van der Waals surface area contributed by atoms with Crippen LogP contribution in [-0.4, -0.2) is 35.8 Å². The maximum atomic E-state index is 10.5. The second-order valence-electron chi connectivity index (χ2n) is 6.85. The third-order valence-electron chi connectivity index (χ3n) is 5.02. The lowest BCUT2D eigenvalue weighted by Crippen LogP contribution is -2.24. The first-order valence-electron chi connectivity index (χ1n) is 8.63. The highest BCUT2D eigenvalue weighted by Crippen LogP contribution is 2.20. The monoisotopic (exact) mass is 325 g/mol. The van der Waals surface area contributed by atoms with E-state index in [2.05, 4.69) is 41.3 Å². The average Bonchev–Trinajstić information content (AvgIpc) is 3.13. The highest BCUT2D eigenvalue weighted by molar-refractivity contribution is 5.77. The van der Waals surface area contributed by atoms with Crippen molar-refractivity contribution < 1.29 is 5.11 Å². The van der Waals surface area contributed by atoms with Crippen molar-refractivity contribution in [2.75, 3.05) is 0 Å². The Balaban J connectivity index is 1.53. The van der Waals surface area contributed by atoms with Crippen LogP contribution < -0.4 is 0 Å². The molecule has 0 spiro atoms. The molecule has 1 aliphatic rings. The number of aliphatic hydroxyl groups is 1. The van der Waals surface area contributed by atoms with E-state index < -0.39 is 6.10 Å². The van der Waals surface area contributed by atoms with Crippen LogP contribution in [0.3, 0.4) is 0 Å². The summed E-state index contributed by atoms with van der Waals surface area (Å²) in [5.41, 5.74) is 6.82. The number of aromatic nitrogens is 5. The zero-order valence-corrected chi connectivity index (χ0v) is 14.2. The van der Waals surface area contributed by atoms with Gasteiger partial charge < -0.3 is 9.67 Å².